The minimum Gasteiger partial charge on any atom is -0.320 e. The number of carbonyl (C=O) groups excluding carboxylic acids is 6. The third-order valence-corrected chi connectivity index (χ3v) is 2.61. The Bertz CT molecular complexity index is 492. The zero-order chi connectivity index (χ0) is 14.2. The van der Waals surface area contributed by atoms with Gasteiger partial charge in [-0.2, -0.15) is 0 Å². The first-order chi connectivity index (χ1) is 8.91. The van der Waals surface area contributed by atoms with Gasteiger partial charge in [-0.25, -0.2) is 9.69 Å². The number of imide groups is 4. The first-order valence-corrected chi connectivity index (χ1v) is 5.39. The lowest BCUT2D eigenvalue weighted by atomic mass is 10.4. The monoisotopic (exact) mass is 268 g/mol. The number of hydroxylamine groups is 2. The zero-order valence-corrected chi connectivity index (χ0v) is 9.58. The maximum absolute atomic E-state index is 11.5. The molecular weight excluding hydrogens is 260 g/mol. The lowest BCUT2D eigenvalue weighted by Gasteiger charge is -2.14. The number of nitrogens with zero attached hydrogens (tertiary/aromatic N) is 2. The molecule has 2 saturated heterocycles. The standard InChI is InChI=1S/C10H8N2O7/c13-5-1-2-6(14)11(5)9(17)10(18)19-12-7(15)3-4-8(12)16/h1-4H2. The third-order valence-electron chi connectivity index (χ3n) is 2.61. The molecule has 2 aliphatic rings. The van der Waals surface area contributed by atoms with Crippen LogP contribution in [0.1, 0.15) is 25.7 Å². The topological polar surface area (TPSA) is 118 Å². The molecule has 0 aliphatic carbocycles. The molecule has 0 spiro atoms. The average Bonchev–Trinajstić information content (AvgIpc) is 2.85. The number of amides is 5. The zero-order valence-electron chi connectivity index (χ0n) is 9.58. The number of rotatable bonds is 1. The van der Waals surface area contributed by atoms with Crippen LogP contribution in [0.15, 0.2) is 0 Å². The summed E-state index contributed by atoms with van der Waals surface area (Å²) in [5, 5.41) is 0.172. The number of carbonyl (C=O) groups is 6. The molecule has 0 radical (unpaired) electrons. The second-order valence-corrected chi connectivity index (χ2v) is 3.89. The Morgan fingerprint density at radius 3 is 1.68 bits per heavy atom. The molecule has 0 aromatic heterocycles. The summed E-state index contributed by atoms with van der Waals surface area (Å²) in [4.78, 5) is 72.2. The highest BCUT2D eigenvalue weighted by Crippen LogP contribution is 2.15. The van der Waals surface area contributed by atoms with Gasteiger partial charge in [-0.15, -0.1) is 5.06 Å². The highest BCUT2D eigenvalue weighted by atomic mass is 16.7. The second kappa shape index (κ2) is 4.59. The van der Waals surface area contributed by atoms with Crippen molar-refractivity contribution in [3.05, 3.63) is 0 Å². The Morgan fingerprint density at radius 2 is 1.21 bits per heavy atom. The van der Waals surface area contributed by atoms with Gasteiger partial charge < -0.3 is 4.84 Å². The van der Waals surface area contributed by atoms with Crippen molar-refractivity contribution in [3.63, 3.8) is 0 Å². The van der Waals surface area contributed by atoms with Crippen molar-refractivity contribution in [2.24, 2.45) is 0 Å². The van der Waals surface area contributed by atoms with E-state index in [0.29, 0.717) is 0 Å². The maximum Gasteiger partial charge on any atom is 0.422 e. The number of hydrogen-bond acceptors (Lipinski definition) is 7. The molecular formula is C10H8N2O7. The van der Waals surface area contributed by atoms with Gasteiger partial charge in [0.15, 0.2) is 0 Å². The Morgan fingerprint density at radius 1 is 0.789 bits per heavy atom. The summed E-state index contributed by atoms with van der Waals surface area (Å²) < 4.78 is 0. The minimum absolute atomic E-state index is 0.123. The molecule has 0 saturated carbocycles. The molecule has 2 heterocycles. The van der Waals surface area contributed by atoms with Crippen LogP contribution in [0, 0.1) is 0 Å². The van der Waals surface area contributed by atoms with Crippen molar-refractivity contribution >= 4 is 35.5 Å². The van der Waals surface area contributed by atoms with Gasteiger partial charge in [0.1, 0.15) is 0 Å². The molecule has 0 unspecified atom stereocenters. The summed E-state index contributed by atoms with van der Waals surface area (Å²) in [5.41, 5.74) is 0. The molecule has 0 aromatic rings. The summed E-state index contributed by atoms with van der Waals surface area (Å²) in [7, 11) is 0. The van der Waals surface area contributed by atoms with Gasteiger partial charge in [-0.1, -0.05) is 0 Å². The van der Waals surface area contributed by atoms with Crippen molar-refractivity contribution in [3.8, 4) is 0 Å². The molecule has 0 N–H and O–H groups in total. The van der Waals surface area contributed by atoms with Crippen molar-refractivity contribution in [2.45, 2.75) is 25.7 Å². The van der Waals surface area contributed by atoms with E-state index in [1.807, 2.05) is 0 Å². The summed E-state index contributed by atoms with van der Waals surface area (Å²) in [6.45, 7) is 0. The Hall–Kier alpha value is -2.58. The third kappa shape index (κ3) is 2.21. The quantitative estimate of drug-likeness (QED) is 0.409. The van der Waals surface area contributed by atoms with Crippen molar-refractivity contribution in [2.75, 3.05) is 0 Å². The molecule has 2 rings (SSSR count). The largest absolute Gasteiger partial charge is 0.422 e. The van der Waals surface area contributed by atoms with Crippen molar-refractivity contribution < 1.29 is 33.6 Å². The molecule has 0 atom stereocenters. The molecule has 2 fully saturated rings. The predicted molar refractivity (Wildman–Crippen MR) is 53.3 cm³/mol. The van der Waals surface area contributed by atoms with Crippen LogP contribution in [0.3, 0.4) is 0 Å². The SMILES string of the molecule is O=C(ON1C(=O)CCC1=O)C(=O)N1C(=O)CCC1=O. The molecule has 5 amide bonds. The number of hydrogen-bond donors (Lipinski definition) is 0. The van der Waals surface area contributed by atoms with Crippen LogP contribution in [0.25, 0.3) is 0 Å². The van der Waals surface area contributed by atoms with Gasteiger partial charge in [0.2, 0.25) is 11.8 Å². The van der Waals surface area contributed by atoms with Crippen LogP contribution >= 0.6 is 0 Å². The van der Waals surface area contributed by atoms with E-state index in [9.17, 15) is 28.8 Å². The van der Waals surface area contributed by atoms with Gasteiger partial charge >= 0.3 is 11.9 Å². The summed E-state index contributed by atoms with van der Waals surface area (Å²) in [6, 6.07) is 0. The molecule has 19 heavy (non-hydrogen) atoms. The normalized spacial score (nSPS) is 19.4. The Kier molecular flexibility index (Phi) is 3.11. The highest BCUT2D eigenvalue weighted by Gasteiger charge is 2.41. The molecule has 9 heteroatoms. The fourth-order valence-corrected chi connectivity index (χ4v) is 1.67. The van der Waals surface area contributed by atoms with E-state index in [4.69, 9.17) is 0 Å². The average molecular weight is 268 g/mol. The first kappa shape index (κ1) is 12.9. The van der Waals surface area contributed by atoms with E-state index in [0.717, 1.165) is 0 Å². The first-order valence-electron chi connectivity index (χ1n) is 5.39. The smallest absolute Gasteiger partial charge is 0.320 e. The lowest BCUT2D eigenvalue weighted by Crippen LogP contribution is -2.44. The number of likely N-dealkylation sites (tertiary alicyclic amines) is 1. The lowest BCUT2D eigenvalue weighted by molar-refractivity contribution is -0.199. The minimum atomic E-state index is -1.62. The molecule has 2 aliphatic heterocycles. The highest BCUT2D eigenvalue weighted by molar-refractivity contribution is 6.40. The van der Waals surface area contributed by atoms with Gasteiger partial charge in [-0.05, 0) is 0 Å². The van der Waals surface area contributed by atoms with Crippen LogP contribution in [-0.2, 0) is 33.6 Å². The molecule has 100 valence electrons. The van der Waals surface area contributed by atoms with Gasteiger partial charge in [0.05, 0.1) is 0 Å². The Balaban J connectivity index is 2.06. The summed E-state index contributed by atoms with van der Waals surface area (Å²) in [6.07, 6.45) is -0.581. The van der Waals surface area contributed by atoms with E-state index in [-0.39, 0.29) is 35.6 Å². The molecule has 0 bridgehead atoms. The van der Waals surface area contributed by atoms with E-state index in [2.05, 4.69) is 4.84 Å². The maximum atomic E-state index is 11.5. The summed E-state index contributed by atoms with van der Waals surface area (Å²) >= 11 is 0. The van der Waals surface area contributed by atoms with Crippen molar-refractivity contribution in [1.82, 2.24) is 9.96 Å². The van der Waals surface area contributed by atoms with Crippen LogP contribution in [0.4, 0.5) is 0 Å². The van der Waals surface area contributed by atoms with E-state index in [1.54, 1.807) is 0 Å². The van der Waals surface area contributed by atoms with Gasteiger partial charge in [0.25, 0.3) is 11.8 Å². The fraction of sp³-hybridized carbons (Fsp3) is 0.400. The van der Waals surface area contributed by atoms with Crippen LogP contribution < -0.4 is 0 Å². The predicted octanol–water partition coefficient (Wildman–Crippen LogP) is -1.73. The van der Waals surface area contributed by atoms with E-state index in [1.165, 1.54) is 0 Å². The fourth-order valence-electron chi connectivity index (χ4n) is 1.67. The molecule has 0 aromatic carbocycles. The van der Waals surface area contributed by atoms with Gasteiger partial charge in [0, 0.05) is 25.7 Å². The molecule has 9 nitrogen and oxygen atoms in total. The van der Waals surface area contributed by atoms with Gasteiger partial charge in [-0.3, -0.25) is 24.0 Å². The second-order valence-electron chi connectivity index (χ2n) is 3.89. The van der Waals surface area contributed by atoms with E-state index < -0.39 is 35.5 Å². The van der Waals surface area contributed by atoms with Crippen molar-refractivity contribution in [1.29, 1.82) is 0 Å². The van der Waals surface area contributed by atoms with Crippen LogP contribution in [0.2, 0.25) is 0 Å². The van der Waals surface area contributed by atoms with Crippen LogP contribution in [0.5, 0.6) is 0 Å². The Labute approximate surface area is 106 Å². The van der Waals surface area contributed by atoms with Crippen LogP contribution in [-0.4, -0.2) is 45.5 Å². The summed E-state index contributed by atoms with van der Waals surface area (Å²) in [5.74, 6) is -6.26. The van der Waals surface area contributed by atoms with E-state index >= 15 is 0 Å².